The molecule has 5 heteroatoms. The second-order valence-corrected chi connectivity index (χ2v) is 5.58. The van der Waals surface area contributed by atoms with Crippen LogP contribution in [0, 0.1) is 5.92 Å². The van der Waals surface area contributed by atoms with Gasteiger partial charge in [0.25, 0.3) is 5.91 Å². The van der Waals surface area contributed by atoms with Crippen molar-refractivity contribution in [2.24, 2.45) is 5.92 Å². The largest absolute Gasteiger partial charge is 0.352 e. The average molecular weight is 258 g/mol. The number of carbonyl (C=O) groups is 1. The van der Waals surface area contributed by atoms with Crippen LogP contribution in [-0.4, -0.2) is 27.0 Å². The Morgan fingerprint density at radius 2 is 2.21 bits per heavy atom. The van der Waals surface area contributed by atoms with Gasteiger partial charge in [0.05, 0.1) is 5.56 Å². The molecule has 2 aromatic rings. The van der Waals surface area contributed by atoms with E-state index in [1.165, 1.54) is 12.8 Å². The maximum Gasteiger partial charge on any atom is 0.252 e. The van der Waals surface area contributed by atoms with Crippen molar-refractivity contribution in [3.63, 3.8) is 0 Å². The molecule has 0 spiro atoms. The summed E-state index contributed by atoms with van der Waals surface area (Å²) in [6, 6.07) is 3.65. The normalized spacial score (nSPS) is 15.1. The van der Waals surface area contributed by atoms with Crippen molar-refractivity contribution in [1.29, 1.82) is 0 Å². The average Bonchev–Trinajstić information content (AvgIpc) is 3.15. The van der Waals surface area contributed by atoms with E-state index in [0.717, 1.165) is 11.5 Å². The highest BCUT2D eigenvalue weighted by Crippen LogP contribution is 2.38. The van der Waals surface area contributed by atoms with E-state index < -0.39 is 0 Å². The van der Waals surface area contributed by atoms with Gasteiger partial charge in [-0.15, -0.1) is 10.2 Å². The predicted molar refractivity (Wildman–Crippen MR) is 72.1 cm³/mol. The Balaban J connectivity index is 1.87. The third-order valence-corrected chi connectivity index (χ3v) is 3.30. The van der Waals surface area contributed by atoms with Crippen molar-refractivity contribution < 1.29 is 4.79 Å². The quantitative estimate of drug-likeness (QED) is 0.912. The highest BCUT2D eigenvalue weighted by molar-refractivity contribution is 5.94. The summed E-state index contributed by atoms with van der Waals surface area (Å²) < 4.78 is 1.95. The molecular weight excluding hydrogens is 240 g/mol. The van der Waals surface area contributed by atoms with E-state index in [-0.39, 0.29) is 5.91 Å². The number of nitrogens with zero attached hydrogens (tertiary/aromatic N) is 3. The molecule has 1 aliphatic carbocycles. The number of aromatic nitrogens is 3. The highest BCUT2D eigenvalue weighted by atomic mass is 16.1. The summed E-state index contributed by atoms with van der Waals surface area (Å²) in [6.45, 7) is 4.84. The number of hydrogen-bond acceptors (Lipinski definition) is 3. The molecule has 0 unspecified atom stereocenters. The molecule has 5 nitrogen and oxygen atoms in total. The standard InChI is InChI=1S/C14H18N4O/c1-9(2)7-15-14(19)11-5-6-12-16-17-13(10-3-4-10)18(12)8-11/h5-6,8-10H,3-4,7H2,1-2H3,(H,15,19). The molecule has 0 radical (unpaired) electrons. The minimum atomic E-state index is -0.0361. The van der Waals surface area contributed by atoms with Crippen LogP contribution in [0.25, 0.3) is 5.65 Å². The first-order chi connectivity index (χ1) is 9.15. The summed E-state index contributed by atoms with van der Waals surface area (Å²) >= 11 is 0. The smallest absolute Gasteiger partial charge is 0.252 e. The number of pyridine rings is 1. The Hall–Kier alpha value is -1.91. The van der Waals surface area contributed by atoms with Crippen LogP contribution in [0.15, 0.2) is 18.3 Å². The van der Waals surface area contributed by atoms with Crippen LogP contribution in [0.3, 0.4) is 0 Å². The van der Waals surface area contributed by atoms with Gasteiger partial charge in [0, 0.05) is 18.7 Å². The lowest BCUT2D eigenvalue weighted by Crippen LogP contribution is -2.27. The number of hydrogen-bond donors (Lipinski definition) is 1. The second kappa shape index (κ2) is 4.64. The topological polar surface area (TPSA) is 59.3 Å². The van der Waals surface area contributed by atoms with E-state index in [9.17, 15) is 4.79 Å². The second-order valence-electron chi connectivity index (χ2n) is 5.58. The van der Waals surface area contributed by atoms with Crippen molar-refractivity contribution in [3.8, 4) is 0 Å². The highest BCUT2D eigenvalue weighted by Gasteiger charge is 2.28. The zero-order chi connectivity index (χ0) is 13.4. The maximum atomic E-state index is 12.0. The Morgan fingerprint density at radius 3 is 2.89 bits per heavy atom. The van der Waals surface area contributed by atoms with Crippen LogP contribution in [0.5, 0.6) is 0 Å². The fourth-order valence-electron chi connectivity index (χ4n) is 2.06. The number of fused-ring (bicyclic) bond motifs is 1. The molecule has 19 heavy (non-hydrogen) atoms. The number of nitrogens with one attached hydrogen (secondary N) is 1. The van der Waals surface area contributed by atoms with Crippen LogP contribution >= 0.6 is 0 Å². The van der Waals surface area contributed by atoms with E-state index in [4.69, 9.17) is 0 Å². The monoisotopic (exact) mass is 258 g/mol. The van der Waals surface area contributed by atoms with Gasteiger partial charge in [-0.1, -0.05) is 13.8 Å². The molecule has 0 bridgehead atoms. The van der Waals surface area contributed by atoms with Crippen LogP contribution < -0.4 is 5.32 Å². The number of amides is 1. The zero-order valence-corrected chi connectivity index (χ0v) is 11.3. The van der Waals surface area contributed by atoms with Gasteiger partial charge in [0.15, 0.2) is 5.65 Å². The van der Waals surface area contributed by atoms with Crippen LogP contribution in [-0.2, 0) is 0 Å². The molecule has 1 aliphatic rings. The minimum Gasteiger partial charge on any atom is -0.352 e. The minimum absolute atomic E-state index is 0.0361. The number of rotatable bonds is 4. The van der Waals surface area contributed by atoms with Crippen molar-refractivity contribution in [3.05, 3.63) is 29.7 Å². The van der Waals surface area contributed by atoms with Gasteiger partial charge >= 0.3 is 0 Å². The molecule has 0 aliphatic heterocycles. The van der Waals surface area contributed by atoms with Crippen LogP contribution in [0.1, 0.15) is 48.8 Å². The van der Waals surface area contributed by atoms with Crippen molar-refractivity contribution >= 4 is 11.6 Å². The molecule has 100 valence electrons. The van der Waals surface area contributed by atoms with Gasteiger partial charge in [-0.25, -0.2) is 0 Å². The lowest BCUT2D eigenvalue weighted by Gasteiger charge is -2.08. The molecule has 1 fully saturated rings. The SMILES string of the molecule is CC(C)CNC(=O)c1ccc2nnc(C3CC3)n2c1. The maximum absolute atomic E-state index is 12.0. The lowest BCUT2D eigenvalue weighted by atomic mass is 10.2. The van der Waals surface area contributed by atoms with E-state index in [2.05, 4.69) is 29.4 Å². The lowest BCUT2D eigenvalue weighted by molar-refractivity contribution is 0.0948. The summed E-state index contributed by atoms with van der Waals surface area (Å²) in [6.07, 6.45) is 4.19. The Labute approximate surface area is 112 Å². The third-order valence-electron chi connectivity index (χ3n) is 3.30. The molecule has 2 heterocycles. The van der Waals surface area contributed by atoms with Gasteiger partial charge in [-0.3, -0.25) is 9.20 Å². The van der Waals surface area contributed by atoms with E-state index in [0.29, 0.717) is 23.9 Å². The van der Waals surface area contributed by atoms with E-state index >= 15 is 0 Å². The summed E-state index contributed by atoms with van der Waals surface area (Å²) in [5.41, 5.74) is 1.47. The first kappa shape index (κ1) is 12.1. The van der Waals surface area contributed by atoms with Gasteiger partial charge < -0.3 is 5.32 Å². The zero-order valence-electron chi connectivity index (χ0n) is 11.3. The van der Waals surface area contributed by atoms with Crippen LogP contribution in [0.4, 0.5) is 0 Å². The molecule has 2 aromatic heterocycles. The Kier molecular flexibility index (Phi) is 2.97. The fourth-order valence-corrected chi connectivity index (χ4v) is 2.06. The molecule has 1 N–H and O–H groups in total. The molecule has 0 aromatic carbocycles. The van der Waals surface area contributed by atoms with Gasteiger partial charge in [-0.2, -0.15) is 0 Å². The molecule has 0 atom stereocenters. The first-order valence-corrected chi connectivity index (χ1v) is 6.78. The summed E-state index contributed by atoms with van der Waals surface area (Å²) in [4.78, 5) is 12.0. The van der Waals surface area contributed by atoms with E-state index in [1.54, 1.807) is 6.07 Å². The van der Waals surface area contributed by atoms with Gasteiger partial charge in [0.2, 0.25) is 0 Å². The molecule has 1 amide bonds. The van der Waals surface area contributed by atoms with E-state index in [1.807, 2.05) is 16.7 Å². The predicted octanol–water partition coefficient (Wildman–Crippen LogP) is 1.99. The van der Waals surface area contributed by atoms with Crippen molar-refractivity contribution in [2.45, 2.75) is 32.6 Å². The summed E-state index contributed by atoms with van der Waals surface area (Å²) in [5, 5.41) is 11.3. The summed E-state index contributed by atoms with van der Waals surface area (Å²) in [5.74, 6) is 1.91. The van der Waals surface area contributed by atoms with Crippen LogP contribution in [0.2, 0.25) is 0 Å². The van der Waals surface area contributed by atoms with Crippen molar-refractivity contribution in [2.75, 3.05) is 6.54 Å². The number of carbonyl (C=O) groups excluding carboxylic acids is 1. The molecular formula is C14H18N4O. The first-order valence-electron chi connectivity index (χ1n) is 6.78. The van der Waals surface area contributed by atoms with Crippen molar-refractivity contribution in [1.82, 2.24) is 19.9 Å². The Morgan fingerprint density at radius 1 is 1.42 bits per heavy atom. The Bertz CT molecular complexity index is 613. The summed E-state index contributed by atoms with van der Waals surface area (Å²) in [7, 11) is 0. The fraction of sp³-hybridized carbons (Fsp3) is 0.500. The van der Waals surface area contributed by atoms with Gasteiger partial charge in [0.1, 0.15) is 5.82 Å². The van der Waals surface area contributed by atoms with Gasteiger partial charge in [-0.05, 0) is 30.9 Å². The molecule has 0 saturated heterocycles. The molecule has 3 rings (SSSR count). The molecule has 1 saturated carbocycles. The third kappa shape index (κ3) is 2.45.